The molecule has 2 aliphatic rings. The van der Waals surface area contributed by atoms with Crippen molar-refractivity contribution < 1.29 is 0 Å². The lowest BCUT2D eigenvalue weighted by molar-refractivity contribution is 0.194. The molecule has 0 aromatic rings. The van der Waals surface area contributed by atoms with Crippen LogP contribution in [0.2, 0.25) is 0 Å². The van der Waals surface area contributed by atoms with Gasteiger partial charge in [-0.1, -0.05) is 41.0 Å². The lowest BCUT2D eigenvalue weighted by atomic mass is 9.74. The zero-order valence-corrected chi connectivity index (χ0v) is 17.4. The van der Waals surface area contributed by atoms with Gasteiger partial charge in [0.05, 0.1) is 0 Å². The van der Waals surface area contributed by atoms with Crippen LogP contribution in [0.1, 0.15) is 107 Å². The Morgan fingerprint density at radius 1 is 0.680 bits per heavy atom. The predicted octanol–water partition coefficient (Wildman–Crippen LogP) is 6.15. The molecule has 2 nitrogen and oxygen atoms in total. The fourth-order valence-electron chi connectivity index (χ4n) is 4.89. The maximum atomic E-state index is 3.91. The standard InChI is InChI=1S/C22H44N2.CH4/c1-21(2,3)15-17-7-9-18(10-8-17)16-23-19-11-13-20(14-12-19)24-22(4,5)6;/h17-20,23-24H,7-16H2,1-6H3;1H4. The van der Waals surface area contributed by atoms with Gasteiger partial charge in [-0.15, -0.1) is 0 Å². The molecule has 2 saturated carbocycles. The summed E-state index contributed by atoms with van der Waals surface area (Å²) in [5.74, 6) is 1.92. The van der Waals surface area contributed by atoms with Gasteiger partial charge >= 0.3 is 0 Å². The van der Waals surface area contributed by atoms with Crippen LogP contribution in [0.15, 0.2) is 0 Å². The molecule has 0 radical (unpaired) electrons. The molecule has 2 rings (SSSR count). The van der Waals surface area contributed by atoms with E-state index in [0.717, 1.165) is 23.9 Å². The van der Waals surface area contributed by atoms with Gasteiger partial charge in [0.25, 0.3) is 0 Å². The van der Waals surface area contributed by atoms with E-state index in [2.05, 4.69) is 52.2 Å². The summed E-state index contributed by atoms with van der Waals surface area (Å²) >= 11 is 0. The summed E-state index contributed by atoms with van der Waals surface area (Å²) in [6, 6.07) is 1.51. The van der Waals surface area contributed by atoms with E-state index in [1.54, 1.807) is 0 Å². The minimum atomic E-state index is 0. The molecule has 2 aliphatic carbocycles. The third-order valence-electron chi connectivity index (χ3n) is 5.93. The second kappa shape index (κ2) is 9.74. The lowest BCUT2D eigenvalue weighted by Gasteiger charge is -2.36. The average molecular weight is 353 g/mol. The third-order valence-corrected chi connectivity index (χ3v) is 5.93. The normalized spacial score (nSPS) is 31.4. The molecule has 0 amide bonds. The van der Waals surface area contributed by atoms with E-state index in [1.807, 2.05) is 0 Å². The second-order valence-electron chi connectivity index (χ2n) is 11.0. The van der Waals surface area contributed by atoms with Gasteiger partial charge in [0, 0.05) is 17.6 Å². The van der Waals surface area contributed by atoms with E-state index in [4.69, 9.17) is 0 Å². The summed E-state index contributed by atoms with van der Waals surface area (Å²) in [4.78, 5) is 0. The molecular weight excluding hydrogens is 304 g/mol. The second-order valence-corrected chi connectivity index (χ2v) is 11.0. The quantitative estimate of drug-likeness (QED) is 0.619. The smallest absolute Gasteiger partial charge is 0.00990 e. The van der Waals surface area contributed by atoms with E-state index in [0.29, 0.717) is 5.41 Å². The van der Waals surface area contributed by atoms with Gasteiger partial charge < -0.3 is 10.6 Å². The molecule has 0 atom stereocenters. The van der Waals surface area contributed by atoms with Crippen molar-refractivity contribution in [2.75, 3.05) is 6.54 Å². The summed E-state index contributed by atoms with van der Waals surface area (Å²) in [5.41, 5.74) is 0.770. The van der Waals surface area contributed by atoms with Crippen LogP contribution in [0.4, 0.5) is 0 Å². The highest BCUT2D eigenvalue weighted by Crippen LogP contribution is 2.36. The van der Waals surface area contributed by atoms with Crippen molar-refractivity contribution in [1.82, 2.24) is 10.6 Å². The van der Waals surface area contributed by atoms with E-state index < -0.39 is 0 Å². The van der Waals surface area contributed by atoms with Crippen LogP contribution in [0.25, 0.3) is 0 Å². The van der Waals surface area contributed by atoms with Gasteiger partial charge in [0.1, 0.15) is 0 Å². The van der Waals surface area contributed by atoms with Crippen LogP contribution >= 0.6 is 0 Å². The Bertz CT molecular complexity index is 311. The average Bonchev–Trinajstić information content (AvgIpc) is 2.45. The van der Waals surface area contributed by atoms with Crippen molar-refractivity contribution in [2.24, 2.45) is 17.3 Å². The molecule has 2 heteroatoms. The Hall–Kier alpha value is -0.0800. The first-order valence-electron chi connectivity index (χ1n) is 10.6. The molecule has 0 heterocycles. The summed E-state index contributed by atoms with van der Waals surface area (Å²) in [6.45, 7) is 15.3. The first kappa shape index (κ1) is 23.0. The van der Waals surface area contributed by atoms with Crippen LogP contribution in [0.5, 0.6) is 0 Å². The van der Waals surface area contributed by atoms with Crippen LogP contribution in [0.3, 0.4) is 0 Å². The van der Waals surface area contributed by atoms with Crippen molar-refractivity contribution in [1.29, 1.82) is 0 Å². The molecule has 0 aromatic carbocycles. The van der Waals surface area contributed by atoms with Crippen molar-refractivity contribution in [3.05, 3.63) is 0 Å². The molecule has 0 unspecified atom stereocenters. The van der Waals surface area contributed by atoms with Gasteiger partial charge in [-0.2, -0.15) is 0 Å². The lowest BCUT2D eigenvalue weighted by Crippen LogP contribution is -2.47. The maximum Gasteiger partial charge on any atom is 0.00990 e. The Labute approximate surface area is 159 Å². The summed E-state index contributed by atoms with van der Waals surface area (Å²) in [6.07, 6.45) is 12.6. The highest BCUT2D eigenvalue weighted by atomic mass is 15.0. The topological polar surface area (TPSA) is 24.1 Å². The highest BCUT2D eigenvalue weighted by Gasteiger charge is 2.27. The number of hydrogen-bond donors (Lipinski definition) is 2. The molecule has 25 heavy (non-hydrogen) atoms. The summed E-state index contributed by atoms with van der Waals surface area (Å²) in [5, 5.41) is 7.69. The van der Waals surface area contributed by atoms with Gasteiger partial charge in [0.2, 0.25) is 0 Å². The van der Waals surface area contributed by atoms with Gasteiger partial charge in [-0.05, 0) is 89.5 Å². The first-order valence-corrected chi connectivity index (χ1v) is 10.6. The van der Waals surface area contributed by atoms with E-state index in [1.165, 1.54) is 64.3 Å². The Balaban J connectivity index is 0.00000312. The third kappa shape index (κ3) is 9.43. The summed E-state index contributed by atoms with van der Waals surface area (Å²) < 4.78 is 0. The fourth-order valence-corrected chi connectivity index (χ4v) is 4.89. The Morgan fingerprint density at radius 3 is 1.64 bits per heavy atom. The van der Waals surface area contributed by atoms with E-state index in [-0.39, 0.29) is 13.0 Å². The number of nitrogens with one attached hydrogen (secondary N) is 2. The molecule has 2 N–H and O–H groups in total. The molecular formula is C23H48N2. The molecule has 0 bridgehead atoms. The molecule has 0 aliphatic heterocycles. The minimum Gasteiger partial charge on any atom is -0.314 e. The number of rotatable bonds is 5. The van der Waals surface area contributed by atoms with Crippen LogP contribution < -0.4 is 10.6 Å². The molecule has 2 fully saturated rings. The highest BCUT2D eigenvalue weighted by molar-refractivity contribution is 4.86. The zero-order chi connectivity index (χ0) is 17.8. The molecule has 0 spiro atoms. The van der Waals surface area contributed by atoms with Crippen molar-refractivity contribution >= 4 is 0 Å². The van der Waals surface area contributed by atoms with Gasteiger partial charge in [0.15, 0.2) is 0 Å². The monoisotopic (exact) mass is 352 g/mol. The van der Waals surface area contributed by atoms with Crippen LogP contribution in [0, 0.1) is 17.3 Å². The zero-order valence-electron chi connectivity index (χ0n) is 17.4. The van der Waals surface area contributed by atoms with Crippen LogP contribution in [-0.2, 0) is 0 Å². The van der Waals surface area contributed by atoms with Crippen molar-refractivity contribution in [3.63, 3.8) is 0 Å². The molecule has 0 aromatic heterocycles. The van der Waals surface area contributed by atoms with Crippen molar-refractivity contribution in [2.45, 2.75) is 124 Å². The van der Waals surface area contributed by atoms with Gasteiger partial charge in [-0.25, -0.2) is 0 Å². The summed E-state index contributed by atoms with van der Waals surface area (Å²) in [7, 11) is 0. The largest absolute Gasteiger partial charge is 0.314 e. The first-order chi connectivity index (χ1) is 11.1. The number of hydrogen-bond acceptors (Lipinski definition) is 2. The van der Waals surface area contributed by atoms with E-state index in [9.17, 15) is 0 Å². The predicted molar refractivity (Wildman–Crippen MR) is 113 cm³/mol. The molecule has 150 valence electrons. The van der Waals surface area contributed by atoms with Gasteiger partial charge in [-0.3, -0.25) is 0 Å². The van der Waals surface area contributed by atoms with E-state index >= 15 is 0 Å². The Morgan fingerprint density at radius 2 is 1.16 bits per heavy atom. The minimum absolute atomic E-state index is 0. The fraction of sp³-hybridized carbons (Fsp3) is 1.00. The maximum absolute atomic E-state index is 3.91. The van der Waals surface area contributed by atoms with Crippen molar-refractivity contribution in [3.8, 4) is 0 Å². The molecule has 0 saturated heterocycles. The Kier molecular flexibility index (Phi) is 8.94. The van der Waals surface area contributed by atoms with Crippen LogP contribution in [-0.4, -0.2) is 24.2 Å². The SMILES string of the molecule is C.CC(C)(C)CC1CCC(CNC2CCC(NC(C)(C)C)CC2)CC1.